The number of nitrogens with zero attached hydrogens (tertiary/aromatic N) is 4. The number of hydrogen-bond donors (Lipinski definition) is 3. The van der Waals surface area contributed by atoms with Crippen LogP contribution in [0.4, 0.5) is 11.8 Å². The van der Waals surface area contributed by atoms with Gasteiger partial charge >= 0.3 is 0 Å². The van der Waals surface area contributed by atoms with Crippen LogP contribution >= 0.6 is 0 Å². The number of carbonyl (C=O) groups is 1. The number of aryl methyl sites for hydroxylation is 2. The van der Waals surface area contributed by atoms with E-state index in [0.717, 1.165) is 6.54 Å². The van der Waals surface area contributed by atoms with Crippen molar-refractivity contribution in [3.8, 4) is 0 Å². The number of nitrogens with two attached hydrogens (primary N) is 1. The topological polar surface area (TPSA) is 111 Å². The summed E-state index contributed by atoms with van der Waals surface area (Å²) >= 11 is 0. The highest BCUT2D eigenvalue weighted by molar-refractivity contribution is 6.02. The third kappa shape index (κ3) is 3.05. The molecule has 0 unspecified atom stereocenters. The number of anilines is 2. The van der Waals surface area contributed by atoms with E-state index in [1.54, 1.807) is 29.9 Å². The second kappa shape index (κ2) is 5.44. The molecule has 0 aliphatic rings. The summed E-state index contributed by atoms with van der Waals surface area (Å²) in [6.45, 7) is 4.46. The number of rotatable bonds is 4. The number of hydrogen-bond acceptors (Lipinski definition) is 6. The minimum atomic E-state index is -0.358. The van der Waals surface area contributed by atoms with Gasteiger partial charge in [-0.1, -0.05) is 0 Å². The molecule has 2 heterocycles. The molecule has 0 bridgehead atoms. The Balaban J connectivity index is 2.17. The molecule has 0 saturated carbocycles. The summed E-state index contributed by atoms with van der Waals surface area (Å²) in [7, 11) is 0. The Morgan fingerprint density at radius 1 is 1.47 bits per heavy atom. The second-order valence-electron chi connectivity index (χ2n) is 3.87. The van der Waals surface area contributed by atoms with Crippen LogP contribution in [-0.4, -0.2) is 25.7 Å². The Bertz CT molecular complexity index is 592. The molecule has 1 amide bonds. The molecule has 0 aromatic carbocycles. The van der Waals surface area contributed by atoms with Crippen molar-refractivity contribution in [1.29, 1.82) is 0 Å². The average molecular weight is 261 g/mol. The SMILES string of the molecule is CCn1ccc(NC(=O)c2cc(C)nc(NN)n2)n1. The summed E-state index contributed by atoms with van der Waals surface area (Å²) in [4.78, 5) is 20.0. The predicted octanol–water partition coefficient (Wildman–Crippen LogP) is 0.539. The lowest BCUT2D eigenvalue weighted by atomic mass is 10.3. The molecule has 0 aliphatic heterocycles. The van der Waals surface area contributed by atoms with E-state index < -0.39 is 0 Å². The van der Waals surface area contributed by atoms with Gasteiger partial charge in [-0.05, 0) is 19.9 Å². The van der Waals surface area contributed by atoms with Crippen LogP contribution in [0.25, 0.3) is 0 Å². The minimum absolute atomic E-state index is 0.198. The third-order valence-corrected chi connectivity index (χ3v) is 2.42. The first-order chi connectivity index (χ1) is 9.12. The Morgan fingerprint density at radius 3 is 2.89 bits per heavy atom. The fourth-order valence-corrected chi connectivity index (χ4v) is 1.53. The highest BCUT2D eigenvalue weighted by Crippen LogP contribution is 2.08. The maximum absolute atomic E-state index is 12.0. The van der Waals surface area contributed by atoms with Crippen molar-refractivity contribution in [2.75, 3.05) is 10.7 Å². The number of amides is 1. The first-order valence-electron chi connectivity index (χ1n) is 5.79. The van der Waals surface area contributed by atoms with Gasteiger partial charge in [0.2, 0.25) is 5.95 Å². The Hall–Kier alpha value is -2.48. The van der Waals surface area contributed by atoms with Gasteiger partial charge in [0.05, 0.1) is 0 Å². The highest BCUT2D eigenvalue weighted by atomic mass is 16.2. The molecule has 8 nitrogen and oxygen atoms in total. The van der Waals surface area contributed by atoms with E-state index in [4.69, 9.17) is 5.84 Å². The van der Waals surface area contributed by atoms with Crippen molar-refractivity contribution in [3.63, 3.8) is 0 Å². The van der Waals surface area contributed by atoms with E-state index in [0.29, 0.717) is 11.5 Å². The maximum atomic E-state index is 12.0. The van der Waals surface area contributed by atoms with Crippen molar-refractivity contribution in [1.82, 2.24) is 19.7 Å². The van der Waals surface area contributed by atoms with E-state index in [2.05, 4.69) is 25.8 Å². The first-order valence-corrected chi connectivity index (χ1v) is 5.79. The molecular weight excluding hydrogens is 246 g/mol. The van der Waals surface area contributed by atoms with Crippen molar-refractivity contribution < 1.29 is 4.79 Å². The van der Waals surface area contributed by atoms with Gasteiger partial charge in [0.15, 0.2) is 5.82 Å². The van der Waals surface area contributed by atoms with Crippen LogP contribution in [0.15, 0.2) is 18.3 Å². The zero-order chi connectivity index (χ0) is 13.8. The smallest absolute Gasteiger partial charge is 0.275 e. The lowest BCUT2D eigenvalue weighted by Crippen LogP contribution is -2.18. The summed E-state index contributed by atoms with van der Waals surface area (Å²) in [5, 5.41) is 6.82. The minimum Gasteiger partial charge on any atom is -0.304 e. The molecule has 0 atom stereocenters. The number of aromatic nitrogens is 4. The largest absolute Gasteiger partial charge is 0.304 e. The van der Waals surface area contributed by atoms with E-state index >= 15 is 0 Å². The molecule has 0 aliphatic carbocycles. The highest BCUT2D eigenvalue weighted by Gasteiger charge is 2.11. The average Bonchev–Trinajstić information content (AvgIpc) is 2.85. The van der Waals surface area contributed by atoms with E-state index in [1.165, 1.54) is 0 Å². The van der Waals surface area contributed by atoms with E-state index in [-0.39, 0.29) is 17.5 Å². The number of nitrogens with one attached hydrogen (secondary N) is 2. The number of carbonyl (C=O) groups excluding carboxylic acids is 1. The lowest BCUT2D eigenvalue weighted by molar-refractivity contribution is 0.102. The molecule has 19 heavy (non-hydrogen) atoms. The van der Waals surface area contributed by atoms with Crippen molar-refractivity contribution in [3.05, 3.63) is 29.7 Å². The molecular formula is C11H15N7O. The van der Waals surface area contributed by atoms with Gasteiger partial charge in [0.25, 0.3) is 5.91 Å². The molecule has 4 N–H and O–H groups in total. The molecule has 0 radical (unpaired) electrons. The Labute approximate surface area is 110 Å². The lowest BCUT2D eigenvalue weighted by Gasteiger charge is -2.05. The normalized spacial score (nSPS) is 10.3. The third-order valence-electron chi connectivity index (χ3n) is 2.42. The zero-order valence-corrected chi connectivity index (χ0v) is 10.7. The van der Waals surface area contributed by atoms with Crippen LogP contribution in [0.3, 0.4) is 0 Å². The fourth-order valence-electron chi connectivity index (χ4n) is 1.53. The van der Waals surface area contributed by atoms with Gasteiger partial charge in [-0.15, -0.1) is 0 Å². The first kappa shape index (κ1) is 13.0. The van der Waals surface area contributed by atoms with Crippen LogP contribution in [0, 0.1) is 6.92 Å². The monoisotopic (exact) mass is 261 g/mol. The van der Waals surface area contributed by atoms with Crippen molar-refractivity contribution in [2.45, 2.75) is 20.4 Å². The molecule has 0 fully saturated rings. The van der Waals surface area contributed by atoms with Crippen LogP contribution in [0.1, 0.15) is 23.1 Å². The maximum Gasteiger partial charge on any atom is 0.275 e. The quantitative estimate of drug-likeness (QED) is 0.547. The molecule has 2 rings (SSSR count). The van der Waals surface area contributed by atoms with Crippen molar-refractivity contribution >= 4 is 17.7 Å². The number of hydrazine groups is 1. The fraction of sp³-hybridized carbons (Fsp3) is 0.273. The summed E-state index contributed by atoms with van der Waals surface area (Å²) in [6.07, 6.45) is 1.79. The van der Waals surface area contributed by atoms with Gasteiger partial charge in [-0.3, -0.25) is 14.9 Å². The van der Waals surface area contributed by atoms with Crippen LogP contribution in [-0.2, 0) is 6.54 Å². The van der Waals surface area contributed by atoms with Crippen molar-refractivity contribution in [2.24, 2.45) is 5.84 Å². The summed E-state index contributed by atoms with van der Waals surface area (Å²) in [5.74, 6) is 5.56. The van der Waals surface area contributed by atoms with Crippen LogP contribution in [0.5, 0.6) is 0 Å². The molecule has 0 spiro atoms. The number of nitrogen functional groups attached to an aromatic ring is 1. The van der Waals surface area contributed by atoms with Crippen LogP contribution in [0.2, 0.25) is 0 Å². The summed E-state index contributed by atoms with van der Waals surface area (Å²) in [5.41, 5.74) is 3.19. The molecule has 2 aromatic rings. The van der Waals surface area contributed by atoms with E-state index in [9.17, 15) is 4.79 Å². The predicted molar refractivity (Wildman–Crippen MR) is 70.4 cm³/mol. The molecule has 0 saturated heterocycles. The Kier molecular flexibility index (Phi) is 3.71. The van der Waals surface area contributed by atoms with E-state index in [1.807, 2.05) is 6.92 Å². The summed E-state index contributed by atoms with van der Waals surface area (Å²) in [6, 6.07) is 3.30. The van der Waals surface area contributed by atoms with Gasteiger partial charge in [0, 0.05) is 24.5 Å². The van der Waals surface area contributed by atoms with Gasteiger partial charge in [0.1, 0.15) is 5.69 Å². The molecule has 8 heteroatoms. The molecule has 2 aromatic heterocycles. The van der Waals surface area contributed by atoms with Gasteiger partial charge in [-0.25, -0.2) is 15.8 Å². The Morgan fingerprint density at radius 2 is 2.26 bits per heavy atom. The van der Waals surface area contributed by atoms with Gasteiger partial charge < -0.3 is 5.32 Å². The van der Waals surface area contributed by atoms with Gasteiger partial charge in [-0.2, -0.15) is 5.10 Å². The summed E-state index contributed by atoms with van der Waals surface area (Å²) < 4.78 is 1.72. The second-order valence-corrected chi connectivity index (χ2v) is 3.87. The van der Waals surface area contributed by atoms with Crippen LogP contribution < -0.4 is 16.6 Å². The molecule has 100 valence electrons. The standard InChI is InChI=1S/C11H15N7O/c1-3-18-5-4-9(17-18)15-10(19)8-6-7(2)13-11(14-8)16-12/h4-6H,3,12H2,1-2H3,(H,13,14,16)(H,15,17,19). The zero-order valence-electron chi connectivity index (χ0n) is 10.7.